The van der Waals surface area contributed by atoms with E-state index in [4.69, 9.17) is 4.42 Å². The van der Waals surface area contributed by atoms with Gasteiger partial charge in [-0.1, -0.05) is 29.3 Å². The number of hydrogen-bond donors (Lipinski definition) is 1. The van der Waals surface area contributed by atoms with Crippen molar-refractivity contribution in [2.45, 2.75) is 20.4 Å². The van der Waals surface area contributed by atoms with Gasteiger partial charge in [0, 0.05) is 23.6 Å². The Hall–Kier alpha value is -2.88. The van der Waals surface area contributed by atoms with Crippen LogP contribution in [0.2, 0.25) is 0 Å². The van der Waals surface area contributed by atoms with Gasteiger partial charge in [-0.25, -0.2) is 4.79 Å². The number of rotatable bonds is 3. The van der Waals surface area contributed by atoms with Crippen LogP contribution in [0.25, 0.3) is 11.0 Å². The Balaban J connectivity index is 1.88. The number of benzene rings is 2. The van der Waals surface area contributed by atoms with Crippen LogP contribution >= 0.6 is 0 Å². The van der Waals surface area contributed by atoms with E-state index in [0.717, 1.165) is 22.1 Å². The number of carbonyl (C=O) groups is 1. The van der Waals surface area contributed by atoms with Gasteiger partial charge in [-0.15, -0.1) is 0 Å². The lowest BCUT2D eigenvalue weighted by atomic mass is 10.1. The van der Waals surface area contributed by atoms with E-state index in [9.17, 15) is 9.59 Å². The van der Waals surface area contributed by atoms with E-state index >= 15 is 0 Å². The summed E-state index contributed by atoms with van der Waals surface area (Å²) in [5, 5.41) is 3.70. The minimum Gasteiger partial charge on any atom is -0.423 e. The fourth-order valence-electron chi connectivity index (χ4n) is 2.55. The van der Waals surface area contributed by atoms with E-state index in [0.29, 0.717) is 11.1 Å². The van der Waals surface area contributed by atoms with Crippen molar-refractivity contribution in [3.8, 4) is 0 Å². The molecule has 4 nitrogen and oxygen atoms in total. The molecule has 0 spiro atoms. The third-order valence-electron chi connectivity index (χ3n) is 3.70. The molecule has 0 aliphatic heterocycles. The van der Waals surface area contributed by atoms with E-state index in [1.54, 1.807) is 12.1 Å². The summed E-state index contributed by atoms with van der Waals surface area (Å²) in [5.41, 5.74) is 3.56. The normalized spacial score (nSPS) is 10.7. The van der Waals surface area contributed by atoms with Crippen LogP contribution in [0, 0.1) is 13.8 Å². The van der Waals surface area contributed by atoms with Gasteiger partial charge in [0.05, 0.1) is 0 Å². The third kappa shape index (κ3) is 3.31. The molecule has 0 unspecified atom stereocenters. The van der Waals surface area contributed by atoms with Crippen LogP contribution in [0.1, 0.15) is 27.0 Å². The molecular weight excluding hydrogens is 290 g/mol. The molecule has 3 aromatic rings. The molecule has 0 radical (unpaired) electrons. The highest BCUT2D eigenvalue weighted by molar-refractivity contribution is 5.94. The van der Waals surface area contributed by atoms with Crippen molar-refractivity contribution in [2.24, 2.45) is 0 Å². The van der Waals surface area contributed by atoms with Gasteiger partial charge in [0.1, 0.15) is 5.58 Å². The minimum atomic E-state index is -0.416. The Morgan fingerprint density at radius 3 is 2.61 bits per heavy atom. The smallest absolute Gasteiger partial charge is 0.336 e. The molecular formula is C19H17NO3. The van der Waals surface area contributed by atoms with Crippen LogP contribution in [-0.4, -0.2) is 5.91 Å². The fourth-order valence-corrected chi connectivity index (χ4v) is 2.55. The molecule has 0 saturated heterocycles. The van der Waals surface area contributed by atoms with Crippen LogP contribution in [0.15, 0.2) is 57.7 Å². The average Bonchev–Trinajstić information content (AvgIpc) is 2.52. The molecule has 0 saturated carbocycles. The van der Waals surface area contributed by atoms with Crippen molar-refractivity contribution in [1.29, 1.82) is 0 Å². The zero-order valence-corrected chi connectivity index (χ0v) is 13.1. The molecule has 1 N–H and O–H groups in total. The highest BCUT2D eigenvalue weighted by atomic mass is 16.4. The summed E-state index contributed by atoms with van der Waals surface area (Å²) < 4.78 is 5.20. The Labute approximate surface area is 133 Å². The number of fused-ring (bicyclic) bond motifs is 1. The molecule has 116 valence electrons. The average molecular weight is 307 g/mol. The standard InChI is InChI=1S/C19H17NO3/c1-12-4-3-5-14(8-12)19(22)20-11-15-10-18(21)23-17-7-6-13(2)9-16(15)17/h3-10H,11H2,1-2H3,(H,20,22). The van der Waals surface area contributed by atoms with Crippen LogP contribution in [0.5, 0.6) is 0 Å². The lowest BCUT2D eigenvalue weighted by Gasteiger charge is -2.08. The SMILES string of the molecule is Cc1cccc(C(=O)NCc2cc(=O)oc3ccc(C)cc23)c1. The highest BCUT2D eigenvalue weighted by Gasteiger charge is 2.09. The molecule has 0 bridgehead atoms. The summed E-state index contributed by atoms with van der Waals surface area (Å²) in [6.45, 7) is 4.19. The van der Waals surface area contributed by atoms with Crippen molar-refractivity contribution in [2.75, 3.05) is 0 Å². The van der Waals surface area contributed by atoms with Crippen molar-refractivity contribution in [3.63, 3.8) is 0 Å². The van der Waals surface area contributed by atoms with Gasteiger partial charge in [0.25, 0.3) is 5.91 Å². The zero-order valence-electron chi connectivity index (χ0n) is 13.1. The topological polar surface area (TPSA) is 59.3 Å². The monoisotopic (exact) mass is 307 g/mol. The molecule has 0 aliphatic carbocycles. The molecule has 3 rings (SSSR count). The first-order valence-electron chi connectivity index (χ1n) is 7.41. The molecule has 1 heterocycles. The first-order chi connectivity index (χ1) is 11.0. The summed E-state index contributed by atoms with van der Waals surface area (Å²) in [4.78, 5) is 23.9. The molecule has 1 amide bonds. The Bertz CT molecular complexity index is 941. The summed E-state index contributed by atoms with van der Waals surface area (Å²) in [6.07, 6.45) is 0. The summed E-state index contributed by atoms with van der Waals surface area (Å²) >= 11 is 0. The molecule has 0 aliphatic rings. The molecule has 1 aromatic heterocycles. The maximum Gasteiger partial charge on any atom is 0.336 e. The summed E-state index contributed by atoms with van der Waals surface area (Å²) in [6, 6.07) is 14.4. The molecule has 23 heavy (non-hydrogen) atoms. The molecule has 4 heteroatoms. The summed E-state index contributed by atoms with van der Waals surface area (Å²) in [7, 11) is 0. The number of amides is 1. The lowest BCUT2D eigenvalue weighted by molar-refractivity contribution is 0.0951. The van der Waals surface area contributed by atoms with Gasteiger partial charge < -0.3 is 9.73 Å². The fraction of sp³-hybridized carbons (Fsp3) is 0.158. The second-order valence-electron chi connectivity index (χ2n) is 5.64. The van der Waals surface area contributed by atoms with Gasteiger partial charge in [0.15, 0.2) is 0 Å². The second kappa shape index (κ2) is 6.08. The van der Waals surface area contributed by atoms with Crippen LogP contribution in [0.3, 0.4) is 0 Å². The summed E-state index contributed by atoms with van der Waals surface area (Å²) in [5.74, 6) is -0.164. The van der Waals surface area contributed by atoms with E-state index < -0.39 is 5.63 Å². The van der Waals surface area contributed by atoms with E-state index in [1.807, 2.05) is 44.2 Å². The van der Waals surface area contributed by atoms with Crippen molar-refractivity contribution < 1.29 is 9.21 Å². The zero-order chi connectivity index (χ0) is 16.4. The molecule has 2 aromatic carbocycles. The van der Waals surface area contributed by atoms with Crippen molar-refractivity contribution >= 4 is 16.9 Å². The van der Waals surface area contributed by atoms with Crippen molar-refractivity contribution in [1.82, 2.24) is 5.32 Å². The van der Waals surface area contributed by atoms with Crippen LogP contribution in [-0.2, 0) is 6.54 Å². The first-order valence-corrected chi connectivity index (χ1v) is 7.41. The van der Waals surface area contributed by atoms with Gasteiger partial charge in [-0.3, -0.25) is 4.79 Å². The third-order valence-corrected chi connectivity index (χ3v) is 3.70. The lowest BCUT2D eigenvalue weighted by Crippen LogP contribution is -2.23. The number of nitrogens with one attached hydrogen (secondary N) is 1. The predicted octanol–water partition coefficient (Wildman–Crippen LogP) is 3.34. The first kappa shape index (κ1) is 15.0. The van der Waals surface area contributed by atoms with E-state index in [-0.39, 0.29) is 12.5 Å². The maximum atomic E-state index is 12.2. The van der Waals surface area contributed by atoms with Gasteiger partial charge >= 0.3 is 5.63 Å². The predicted molar refractivity (Wildman–Crippen MR) is 89.6 cm³/mol. The Kier molecular flexibility index (Phi) is 3.98. The molecule has 0 fully saturated rings. The van der Waals surface area contributed by atoms with Crippen LogP contribution < -0.4 is 10.9 Å². The number of carbonyl (C=O) groups excluding carboxylic acids is 1. The van der Waals surface area contributed by atoms with Crippen LogP contribution in [0.4, 0.5) is 0 Å². The van der Waals surface area contributed by atoms with Gasteiger partial charge in [0.2, 0.25) is 0 Å². The number of hydrogen-bond acceptors (Lipinski definition) is 3. The number of aryl methyl sites for hydroxylation is 2. The quantitative estimate of drug-likeness (QED) is 0.755. The Morgan fingerprint density at radius 2 is 1.83 bits per heavy atom. The maximum absolute atomic E-state index is 12.2. The van der Waals surface area contributed by atoms with Crippen molar-refractivity contribution in [3.05, 3.63) is 81.2 Å². The van der Waals surface area contributed by atoms with E-state index in [1.165, 1.54) is 6.07 Å². The Morgan fingerprint density at radius 1 is 1.04 bits per heavy atom. The highest BCUT2D eigenvalue weighted by Crippen LogP contribution is 2.18. The van der Waals surface area contributed by atoms with Gasteiger partial charge in [-0.05, 0) is 43.7 Å². The molecule has 0 atom stereocenters. The van der Waals surface area contributed by atoms with Gasteiger partial charge in [-0.2, -0.15) is 0 Å². The largest absolute Gasteiger partial charge is 0.423 e. The minimum absolute atomic E-state index is 0.164. The van der Waals surface area contributed by atoms with E-state index in [2.05, 4.69) is 5.32 Å². The second-order valence-corrected chi connectivity index (χ2v) is 5.64.